The number of rotatable bonds is 2. The van der Waals surface area contributed by atoms with Crippen molar-refractivity contribution in [1.29, 1.82) is 0 Å². The highest BCUT2D eigenvalue weighted by Crippen LogP contribution is 2.21. The van der Waals surface area contributed by atoms with Crippen molar-refractivity contribution >= 4 is 5.91 Å². The van der Waals surface area contributed by atoms with Crippen LogP contribution in [0.5, 0.6) is 11.5 Å². The predicted octanol–water partition coefficient (Wildman–Crippen LogP) is -0.131. The zero-order chi connectivity index (χ0) is 11.6. The second-order valence-corrected chi connectivity index (χ2v) is 3.38. The average molecular weight is 212 g/mol. The SMILES string of the molecule is CC(C)NC(=O)c1cc(O)c(O)c[n+]1[O-]. The van der Waals surface area contributed by atoms with Gasteiger partial charge in [-0.25, -0.2) is 0 Å². The van der Waals surface area contributed by atoms with Crippen molar-refractivity contribution in [2.75, 3.05) is 0 Å². The third-order valence-corrected chi connectivity index (χ3v) is 1.67. The van der Waals surface area contributed by atoms with Gasteiger partial charge in [0, 0.05) is 6.04 Å². The number of aromatic hydroxyl groups is 2. The van der Waals surface area contributed by atoms with Gasteiger partial charge in [-0.3, -0.25) is 4.79 Å². The lowest BCUT2D eigenvalue weighted by atomic mass is 10.3. The average Bonchev–Trinajstić information content (AvgIpc) is 2.09. The summed E-state index contributed by atoms with van der Waals surface area (Å²) in [7, 11) is 0. The van der Waals surface area contributed by atoms with Crippen LogP contribution < -0.4 is 10.0 Å². The van der Waals surface area contributed by atoms with E-state index in [9.17, 15) is 10.0 Å². The molecule has 0 saturated carbocycles. The van der Waals surface area contributed by atoms with Gasteiger partial charge in [0.15, 0.2) is 5.75 Å². The molecule has 1 amide bonds. The molecule has 15 heavy (non-hydrogen) atoms. The Morgan fingerprint density at radius 2 is 2.07 bits per heavy atom. The van der Waals surface area contributed by atoms with E-state index < -0.39 is 17.4 Å². The highest BCUT2D eigenvalue weighted by Gasteiger charge is 2.19. The van der Waals surface area contributed by atoms with Gasteiger partial charge in [0.1, 0.15) is 0 Å². The van der Waals surface area contributed by atoms with Crippen molar-refractivity contribution in [1.82, 2.24) is 5.32 Å². The molecule has 1 aromatic heterocycles. The fourth-order valence-corrected chi connectivity index (χ4v) is 1.02. The van der Waals surface area contributed by atoms with Crippen LogP contribution in [0.4, 0.5) is 0 Å². The molecule has 1 aromatic rings. The lowest BCUT2D eigenvalue weighted by Crippen LogP contribution is -2.41. The number of nitrogens with zero attached hydrogens (tertiary/aromatic N) is 1. The first kappa shape index (κ1) is 11.1. The smallest absolute Gasteiger partial charge is 0.317 e. The van der Waals surface area contributed by atoms with Gasteiger partial charge in [0.2, 0.25) is 11.9 Å². The topological polar surface area (TPSA) is 96.5 Å². The molecular formula is C9H12N2O4. The Hall–Kier alpha value is -1.98. The molecular weight excluding hydrogens is 200 g/mol. The summed E-state index contributed by atoms with van der Waals surface area (Å²) in [5.74, 6) is -1.67. The molecule has 0 bridgehead atoms. The maximum Gasteiger partial charge on any atom is 0.317 e. The summed E-state index contributed by atoms with van der Waals surface area (Å²) in [6, 6.07) is 0.800. The van der Waals surface area contributed by atoms with E-state index in [2.05, 4.69) is 5.32 Å². The molecule has 1 rings (SSSR count). The number of pyridine rings is 1. The van der Waals surface area contributed by atoms with E-state index >= 15 is 0 Å². The summed E-state index contributed by atoms with van der Waals surface area (Å²) in [5, 5.41) is 31.8. The minimum atomic E-state index is -0.602. The summed E-state index contributed by atoms with van der Waals surface area (Å²) in [6.45, 7) is 3.49. The molecule has 0 atom stereocenters. The first-order valence-electron chi connectivity index (χ1n) is 4.38. The van der Waals surface area contributed by atoms with Crippen LogP contribution in [-0.2, 0) is 0 Å². The number of carbonyl (C=O) groups is 1. The Morgan fingerprint density at radius 1 is 1.47 bits per heavy atom. The Bertz CT molecular complexity index is 390. The molecule has 3 N–H and O–H groups in total. The van der Waals surface area contributed by atoms with E-state index in [-0.39, 0.29) is 16.5 Å². The molecule has 6 nitrogen and oxygen atoms in total. The van der Waals surface area contributed by atoms with Crippen LogP contribution >= 0.6 is 0 Å². The first-order chi connectivity index (χ1) is 6.91. The van der Waals surface area contributed by atoms with Crippen molar-refractivity contribution < 1.29 is 19.7 Å². The highest BCUT2D eigenvalue weighted by molar-refractivity contribution is 5.91. The van der Waals surface area contributed by atoms with Crippen LogP contribution in [0.25, 0.3) is 0 Å². The Labute approximate surface area is 86.4 Å². The summed E-state index contributed by atoms with van der Waals surface area (Å²) in [5.41, 5.74) is -0.265. The molecule has 0 aliphatic carbocycles. The molecule has 0 spiro atoms. The summed E-state index contributed by atoms with van der Waals surface area (Å²) in [6.07, 6.45) is 0.727. The maximum absolute atomic E-state index is 11.4. The Morgan fingerprint density at radius 3 is 2.60 bits per heavy atom. The minimum Gasteiger partial charge on any atom is -0.618 e. The molecule has 82 valence electrons. The standard InChI is InChI=1S/C9H12N2O4/c1-5(2)10-9(14)6-3-7(12)8(13)4-11(6)15/h3-5,12-13H,1-2H3,(H,10,14). The van der Waals surface area contributed by atoms with Gasteiger partial charge >= 0.3 is 5.91 Å². The van der Waals surface area contributed by atoms with Crippen molar-refractivity contribution in [3.05, 3.63) is 23.2 Å². The number of aromatic nitrogens is 1. The Kier molecular flexibility index (Phi) is 2.99. The largest absolute Gasteiger partial charge is 0.618 e. The zero-order valence-electron chi connectivity index (χ0n) is 8.39. The van der Waals surface area contributed by atoms with Crippen molar-refractivity contribution in [2.45, 2.75) is 19.9 Å². The molecule has 1 heterocycles. The van der Waals surface area contributed by atoms with E-state index in [0.717, 1.165) is 12.3 Å². The van der Waals surface area contributed by atoms with Crippen molar-refractivity contribution in [3.8, 4) is 11.5 Å². The number of hydrogen-bond acceptors (Lipinski definition) is 4. The van der Waals surface area contributed by atoms with Crippen LogP contribution in [0, 0.1) is 5.21 Å². The fraction of sp³-hybridized carbons (Fsp3) is 0.333. The van der Waals surface area contributed by atoms with Crippen molar-refractivity contribution in [2.24, 2.45) is 0 Å². The van der Waals surface area contributed by atoms with Gasteiger partial charge in [0.25, 0.3) is 5.69 Å². The molecule has 0 saturated heterocycles. The summed E-state index contributed by atoms with van der Waals surface area (Å²) in [4.78, 5) is 11.4. The van der Waals surface area contributed by atoms with E-state index in [1.165, 1.54) is 0 Å². The van der Waals surface area contributed by atoms with Crippen LogP contribution in [0.3, 0.4) is 0 Å². The normalized spacial score (nSPS) is 10.3. The molecule has 0 aliphatic heterocycles. The fourth-order valence-electron chi connectivity index (χ4n) is 1.02. The number of carbonyl (C=O) groups excluding carboxylic acids is 1. The van der Waals surface area contributed by atoms with Gasteiger partial charge in [-0.15, -0.1) is 0 Å². The highest BCUT2D eigenvalue weighted by atomic mass is 16.5. The van der Waals surface area contributed by atoms with Gasteiger partial charge in [-0.1, -0.05) is 0 Å². The van der Waals surface area contributed by atoms with Gasteiger partial charge < -0.3 is 20.7 Å². The van der Waals surface area contributed by atoms with Crippen LogP contribution in [0.15, 0.2) is 12.3 Å². The summed E-state index contributed by atoms with van der Waals surface area (Å²) < 4.78 is 0.201. The van der Waals surface area contributed by atoms with Crippen LogP contribution in [0.1, 0.15) is 24.3 Å². The second kappa shape index (κ2) is 4.04. The molecule has 0 aromatic carbocycles. The Balaban J connectivity index is 3.04. The predicted molar refractivity (Wildman–Crippen MR) is 51.3 cm³/mol. The third-order valence-electron chi connectivity index (χ3n) is 1.67. The number of hydrogen-bond donors (Lipinski definition) is 3. The minimum absolute atomic E-state index is 0.117. The van der Waals surface area contributed by atoms with Crippen LogP contribution in [-0.4, -0.2) is 22.2 Å². The second-order valence-electron chi connectivity index (χ2n) is 3.38. The lowest BCUT2D eigenvalue weighted by Gasteiger charge is -2.08. The maximum atomic E-state index is 11.4. The monoisotopic (exact) mass is 212 g/mol. The van der Waals surface area contributed by atoms with E-state index in [0.29, 0.717) is 0 Å². The van der Waals surface area contributed by atoms with E-state index in [1.54, 1.807) is 13.8 Å². The first-order valence-corrected chi connectivity index (χ1v) is 4.38. The van der Waals surface area contributed by atoms with Gasteiger partial charge in [-0.05, 0) is 13.8 Å². The lowest BCUT2D eigenvalue weighted by molar-refractivity contribution is -0.608. The van der Waals surface area contributed by atoms with Gasteiger partial charge in [-0.2, -0.15) is 4.73 Å². The van der Waals surface area contributed by atoms with Crippen molar-refractivity contribution in [3.63, 3.8) is 0 Å². The molecule has 0 radical (unpaired) electrons. The van der Waals surface area contributed by atoms with E-state index in [1.807, 2.05) is 0 Å². The molecule has 6 heteroatoms. The molecule has 0 unspecified atom stereocenters. The molecule has 0 aliphatic rings. The number of nitrogens with one attached hydrogen (secondary N) is 1. The molecule has 0 fully saturated rings. The zero-order valence-corrected chi connectivity index (χ0v) is 8.39. The number of amides is 1. The third kappa shape index (κ3) is 2.49. The summed E-state index contributed by atoms with van der Waals surface area (Å²) >= 11 is 0. The van der Waals surface area contributed by atoms with E-state index in [4.69, 9.17) is 10.2 Å². The van der Waals surface area contributed by atoms with Gasteiger partial charge in [0.05, 0.1) is 6.07 Å². The van der Waals surface area contributed by atoms with Crippen LogP contribution in [0.2, 0.25) is 0 Å². The quantitative estimate of drug-likeness (QED) is 0.470.